The van der Waals surface area contributed by atoms with Crippen LogP contribution < -0.4 is 0 Å². The third-order valence-corrected chi connectivity index (χ3v) is 4.31. The second-order valence-electron chi connectivity index (χ2n) is 3.56. The summed E-state index contributed by atoms with van der Waals surface area (Å²) in [6.07, 6.45) is 5.17. The van der Waals surface area contributed by atoms with Crippen LogP contribution in [0.25, 0.3) is 0 Å². The number of esters is 1. The van der Waals surface area contributed by atoms with E-state index in [0.29, 0.717) is 11.8 Å². The first-order valence-corrected chi connectivity index (χ1v) is 7.18. The molecule has 0 saturated carbocycles. The normalized spacial score (nSPS) is 19.4. The smallest absolute Gasteiger partial charge is 0.319 e. The molecule has 1 aliphatic rings. The second-order valence-corrected chi connectivity index (χ2v) is 5.45. The van der Waals surface area contributed by atoms with Crippen LogP contribution >= 0.6 is 27.7 Å². The number of carbonyl (C=O) groups is 2. The Kier molecular flexibility index (Phi) is 6.13. The zero-order valence-corrected chi connectivity index (χ0v) is 11.6. The second kappa shape index (κ2) is 7.12. The van der Waals surface area contributed by atoms with Gasteiger partial charge in [0.15, 0.2) is 0 Å². The lowest BCUT2D eigenvalue weighted by molar-refractivity contribution is -0.139. The van der Waals surface area contributed by atoms with Gasteiger partial charge in [0.05, 0.1) is 12.4 Å². The fourth-order valence-electron chi connectivity index (χ4n) is 1.48. The van der Waals surface area contributed by atoms with Crippen LogP contribution in [0.15, 0.2) is 11.0 Å². The molecule has 0 spiro atoms. The Morgan fingerprint density at radius 2 is 2.38 bits per heavy atom. The van der Waals surface area contributed by atoms with Crippen molar-refractivity contribution >= 4 is 39.4 Å². The number of thioether (sulfide) groups is 1. The molecule has 0 N–H and O–H groups in total. The predicted octanol–water partition coefficient (Wildman–Crippen LogP) is 2.68. The molecular formula is C11H15BrO3S. The van der Waals surface area contributed by atoms with Crippen molar-refractivity contribution in [2.45, 2.75) is 30.9 Å². The minimum absolute atomic E-state index is 0.0770. The van der Waals surface area contributed by atoms with Crippen LogP contribution in [0.4, 0.5) is 0 Å². The highest BCUT2D eigenvalue weighted by molar-refractivity contribution is 9.09. The van der Waals surface area contributed by atoms with E-state index in [1.165, 1.54) is 12.0 Å². The van der Waals surface area contributed by atoms with Gasteiger partial charge in [-0.2, -0.15) is 0 Å². The molecule has 0 aromatic carbocycles. The molecule has 5 heteroatoms. The van der Waals surface area contributed by atoms with Crippen molar-refractivity contribution in [2.75, 3.05) is 12.4 Å². The minimum Gasteiger partial charge on any atom is -0.468 e. The van der Waals surface area contributed by atoms with E-state index in [0.717, 1.165) is 19.3 Å². The van der Waals surface area contributed by atoms with Crippen molar-refractivity contribution in [3.8, 4) is 0 Å². The summed E-state index contributed by atoms with van der Waals surface area (Å²) in [5.74, 6) is 0.0703. The van der Waals surface area contributed by atoms with Crippen molar-refractivity contribution in [3.63, 3.8) is 0 Å². The zero-order valence-electron chi connectivity index (χ0n) is 9.20. The fourth-order valence-corrected chi connectivity index (χ4v) is 2.97. The van der Waals surface area contributed by atoms with E-state index < -0.39 is 0 Å². The first kappa shape index (κ1) is 13.8. The van der Waals surface area contributed by atoms with E-state index in [2.05, 4.69) is 26.7 Å². The molecule has 0 radical (unpaired) electrons. The number of ether oxygens (including phenoxy) is 1. The Morgan fingerprint density at radius 3 is 3.00 bits per heavy atom. The lowest BCUT2D eigenvalue weighted by Gasteiger charge is -2.06. The van der Waals surface area contributed by atoms with Crippen LogP contribution in [0.5, 0.6) is 0 Å². The van der Waals surface area contributed by atoms with Gasteiger partial charge in [-0.05, 0) is 24.2 Å². The number of methoxy groups -OCH3 is 1. The number of allylic oxidation sites excluding steroid dienone is 2. The molecule has 0 aliphatic carbocycles. The lowest BCUT2D eigenvalue weighted by Crippen LogP contribution is -2.15. The number of carbonyl (C=O) groups excluding carboxylic acids is 2. The Balaban J connectivity index is 2.21. The Hall–Kier alpha value is -0.290. The Morgan fingerprint density at radius 1 is 1.62 bits per heavy atom. The molecule has 1 atom stereocenters. The summed E-state index contributed by atoms with van der Waals surface area (Å²) in [7, 11) is 1.41. The standard InChI is InChI=1S/C11H15BrO3S/c1-15-11(14)10-6-5-9(16-10)4-2-3-8(13)7-12/h5,10H,2-4,6-7H2,1H3. The zero-order chi connectivity index (χ0) is 12.0. The summed E-state index contributed by atoms with van der Waals surface area (Å²) in [5, 5.41) is 0.358. The van der Waals surface area contributed by atoms with Gasteiger partial charge < -0.3 is 4.74 Å². The monoisotopic (exact) mass is 306 g/mol. The molecule has 0 aromatic heterocycles. The quantitative estimate of drug-likeness (QED) is 0.559. The van der Waals surface area contributed by atoms with Crippen LogP contribution in [0.3, 0.4) is 0 Å². The molecule has 0 aromatic rings. The average Bonchev–Trinajstić information content (AvgIpc) is 2.76. The molecule has 3 nitrogen and oxygen atoms in total. The molecule has 1 heterocycles. The number of rotatable bonds is 6. The van der Waals surface area contributed by atoms with Gasteiger partial charge in [0, 0.05) is 6.42 Å². The molecule has 90 valence electrons. The van der Waals surface area contributed by atoms with E-state index in [-0.39, 0.29) is 17.0 Å². The lowest BCUT2D eigenvalue weighted by atomic mass is 10.1. The number of ketones is 1. The van der Waals surface area contributed by atoms with Crippen LogP contribution in [0, 0.1) is 0 Å². The highest BCUT2D eigenvalue weighted by atomic mass is 79.9. The van der Waals surface area contributed by atoms with E-state index in [9.17, 15) is 9.59 Å². The Bertz CT molecular complexity index is 302. The van der Waals surface area contributed by atoms with Gasteiger partial charge in [0.2, 0.25) is 0 Å². The third-order valence-electron chi connectivity index (χ3n) is 2.35. The predicted molar refractivity (Wildman–Crippen MR) is 68.7 cm³/mol. The van der Waals surface area contributed by atoms with Crippen molar-refractivity contribution in [2.24, 2.45) is 0 Å². The number of hydrogen-bond acceptors (Lipinski definition) is 4. The molecule has 1 rings (SSSR count). The van der Waals surface area contributed by atoms with Gasteiger partial charge in [0.25, 0.3) is 0 Å². The van der Waals surface area contributed by atoms with Crippen LogP contribution in [-0.4, -0.2) is 29.4 Å². The first-order chi connectivity index (χ1) is 7.67. The Labute approximate surface area is 108 Å². The van der Waals surface area contributed by atoms with Crippen LogP contribution in [0.2, 0.25) is 0 Å². The molecule has 1 unspecified atom stereocenters. The maximum Gasteiger partial charge on any atom is 0.319 e. The SMILES string of the molecule is COC(=O)C1CC=C(CCCC(=O)CBr)S1. The van der Waals surface area contributed by atoms with Crippen LogP contribution in [0.1, 0.15) is 25.7 Å². The minimum atomic E-state index is -0.159. The summed E-state index contributed by atoms with van der Waals surface area (Å²) in [5.41, 5.74) is 0. The molecule has 1 aliphatic heterocycles. The topological polar surface area (TPSA) is 43.4 Å². The summed E-state index contributed by atoms with van der Waals surface area (Å²) >= 11 is 4.70. The van der Waals surface area contributed by atoms with Crippen molar-refractivity contribution < 1.29 is 14.3 Å². The molecule has 0 fully saturated rings. The van der Waals surface area contributed by atoms with Crippen molar-refractivity contribution in [1.29, 1.82) is 0 Å². The average molecular weight is 307 g/mol. The van der Waals surface area contributed by atoms with E-state index in [1.807, 2.05) is 0 Å². The summed E-state index contributed by atoms with van der Waals surface area (Å²) in [6, 6.07) is 0. The van der Waals surface area contributed by atoms with E-state index >= 15 is 0 Å². The van der Waals surface area contributed by atoms with Gasteiger partial charge in [-0.1, -0.05) is 22.0 Å². The number of Topliss-reactive ketones (excluding diaryl/α,β-unsaturated/α-hetero) is 1. The number of hydrogen-bond donors (Lipinski definition) is 0. The third kappa shape index (κ3) is 4.29. The maximum absolute atomic E-state index is 11.3. The number of halogens is 1. The molecule has 16 heavy (non-hydrogen) atoms. The summed E-state index contributed by atoms with van der Waals surface area (Å²) in [4.78, 5) is 23.5. The molecule has 0 saturated heterocycles. The molecule has 0 amide bonds. The van der Waals surface area contributed by atoms with Crippen molar-refractivity contribution in [3.05, 3.63) is 11.0 Å². The number of alkyl halides is 1. The van der Waals surface area contributed by atoms with E-state index in [4.69, 9.17) is 0 Å². The highest BCUT2D eigenvalue weighted by Crippen LogP contribution is 2.35. The van der Waals surface area contributed by atoms with Crippen molar-refractivity contribution in [1.82, 2.24) is 0 Å². The largest absolute Gasteiger partial charge is 0.468 e. The van der Waals surface area contributed by atoms with Gasteiger partial charge in [-0.3, -0.25) is 9.59 Å². The maximum atomic E-state index is 11.3. The van der Waals surface area contributed by atoms with Gasteiger partial charge in [-0.25, -0.2) is 0 Å². The van der Waals surface area contributed by atoms with Gasteiger partial charge in [0.1, 0.15) is 11.0 Å². The van der Waals surface area contributed by atoms with Crippen LogP contribution in [-0.2, 0) is 14.3 Å². The summed E-state index contributed by atoms with van der Waals surface area (Å²) < 4.78 is 4.69. The van der Waals surface area contributed by atoms with E-state index in [1.54, 1.807) is 11.8 Å². The highest BCUT2D eigenvalue weighted by Gasteiger charge is 2.25. The molecular weight excluding hydrogens is 292 g/mol. The summed E-state index contributed by atoms with van der Waals surface area (Å²) in [6.45, 7) is 0. The first-order valence-electron chi connectivity index (χ1n) is 5.18. The van der Waals surface area contributed by atoms with Gasteiger partial charge >= 0.3 is 5.97 Å². The fraction of sp³-hybridized carbons (Fsp3) is 0.636. The molecule has 0 bridgehead atoms. The van der Waals surface area contributed by atoms with Gasteiger partial charge in [-0.15, -0.1) is 11.8 Å².